The highest BCUT2D eigenvalue weighted by molar-refractivity contribution is 7.18. The number of aromatic nitrogens is 1. The summed E-state index contributed by atoms with van der Waals surface area (Å²) >= 11 is 1.36. The number of hydrogen-bond donors (Lipinski definition) is 2. The van der Waals surface area contributed by atoms with Crippen LogP contribution in [0.15, 0.2) is 0 Å². The van der Waals surface area contributed by atoms with Gasteiger partial charge in [0.05, 0.1) is 0 Å². The zero-order chi connectivity index (χ0) is 15.6. The number of nitrogen functional groups attached to an aromatic ring is 1. The smallest absolute Gasteiger partial charge is 0.267 e. The molecule has 0 spiro atoms. The molecule has 0 radical (unpaired) electrons. The third-order valence-corrected chi connectivity index (χ3v) is 5.09. The van der Waals surface area contributed by atoms with E-state index < -0.39 is 0 Å². The topological polar surface area (TPSA) is 71.2 Å². The molecular formula is C15H26N4OS. The fraction of sp³-hybridized carbons (Fsp3) is 0.733. The van der Waals surface area contributed by atoms with Gasteiger partial charge in [-0.1, -0.05) is 39.0 Å². The van der Waals surface area contributed by atoms with E-state index in [4.69, 9.17) is 5.73 Å². The van der Waals surface area contributed by atoms with E-state index in [1.807, 2.05) is 4.90 Å². The molecule has 1 saturated heterocycles. The van der Waals surface area contributed by atoms with Gasteiger partial charge in [0.25, 0.3) is 5.91 Å². The molecule has 0 saturated carbocycles. The molecule has 1 aromatic rings. The van der Waals surface area contributed by atoms with Crippen molar-refractivity contribution in [2.24, 2.45) is 11.3 Å². The van der Waals surface area contributed by atoms with Gasteiger partial charge in [-0.05, 0) is 24.2 Å². The molecule has 0 aliphatic carbocycles. The Bertz CT molecular complexity index is 506. The number of amides is 1. The number of nitrogens with two attached hydrogens (primary N) is 1. The minimum Gasteiger partial charge on any atom is -0.382 e. The van der Waals surface area contributed by atoms with Gasteiger partial charge in [0.2, 0.25) is 0 Å². The molecule has 0 bridgehead atoms. The highest BCUT2D eigenvalue weighted by Crippen LogP contribution is 2.35. The van der Waals surface area contributed by atoms with Crippen LogP contribution in [0.1, 0.15) is 50.2 Å². The second kappa shape index (κ2) is 6.22. The van der Waals surface area contributed by atoms with Crippen molar-refractivity contribution in [2.75, 3.05) is 30.7 Å². The largest absolute Gasteiger partial charge is 0.382 e. The molecule has 0 aromatic carbocycles. The number of likely N-dealkylation sites (tertiary alicyclic amines) is 1. The lowest BCUT2D eigenvalue weighted by Gasteiger charge is -2.26. The Morgan fingerprint density at radius 1 is 1.52 bits per heavy atom. The Balaban J connectivity index is 2.05. The standard InChI is InChI=1S/C15H26N4OS/c1-5-7-17-14-18-12(16)11(21-14)13(20)19-8-6-10(9-19)15(2,3)4/h10H,5-9,16H2,1-4H3,(H,17,18). The van der Waals surface area contributed by atoms with Crippen molar-refractivity contribution in [3.63, 3.8) is 0 Å². The normalized spacial score (nSPS) is 19.0. The molecule has 1 aliphatic heterocycles. The second-order valence-electron chi connectivity index (χ2n) is 6.76. The second-order valence-corrected chi connectivity index (χ2v) is 7.76. The summed E-state index contributed by atoms with van der Waals surface area (Å²) in [6.45, 7) is 11.3. The predicted octanol–water partition coefficient (Wildman–Crippen LogP) is 3.06. The summed E-state index contributed by atoms with van der Waals surface area (Å²) in [4.78, 5) is 19.4. The number of carbonyl (C=O) groups excluding carboxylic acids is 1. The van der Waals surface area contributed by atoms with Gasteiger partial charge < -0.3 is 16.0 Å². The molecule has 1 unspecified atom stereocenters. The molecule has 6 heteroatoms. The van der Waals surface area contributed by atoms with Crippen LogP contribution in [0, 0.1) is 11.3 Å². The molecule has 1 atom stereocenters. The number of rotatable bonds is 4. The molecule has 1 aromatic heterocycles. The average molecular weight is 310 g/mol. The van der Waals surface area contributed by atoms with Gasteiger partial charge in [-0.2, -0.15) is 0 Å². The van der Waals surface area contributed by atoms with Crippen LogP contribution in [-0.2, 0) is 0 Å². The Labute approximate surface area is 130 Å². The molecule has 1 aliphatic rings. The zero-order valence-corrected chi connectivity index (χ0v) is 14.2. The minimum atomic E-state index is 0.0290. The van der Waals surface area contributed by atoms with E-state index in [0.29, 0.717) is 16.6 Å². The quantitative estimate of drug-likeness (QED) is 0.896. The number of anilines is 2. The Morgan fingerprint density at radius 2 is 2.24 bits per heavy atom. The van der Waals surface area contributed by atoms with Crippen molar-refractivity contribution in [1.29, 1.82) is 0 Å². The summed E-state index contributed by atoms with van der Waals surface area (Å²) < 4.78 is 0. The van der Waals surface area contributed by atoms with E-state index in [1.165, 1.54) is 11.3 Å². The van der Waals surface area contributed by atoms with E-state index in [-0.39, 0.29) is 11.3 Å². The molecule has 1 fully saturated rings. The molecule has 2 heterocycles. The van der Waals surface area contributed by atoms with E-state index in [2.05, 4.69) is 38.0 Å². The summed E-state index contributed by atoms with van der Waals surface area (Å²) in [5, 5.41) is 3.93. The zero-order valence-electron chi connectivity index (χ0n) is 13.4. The predicted molar refractivity (Wildman–Crippen MR) is 88.8 cm³/mol. The van der Waals surface area contributed by atoms with Gasteiger partial charge in [-0.3, -0.25) is 4.79 Å². The fourth-order valence-electron chi connectivity index (χ4n) is 2.59. The molecular weight excluding hydrogens is 284 g/mol. The van der Waals surface area contributed by atoms with Crippen LogP contribution in [0.2, 0.25) is 0 Å². The molecule has 21 heavy (non-hydrogen) atoms. The monoisotopic (exact) mass is 310 g/mol. The Kier molecular flexibility index (Phi) is 4.76. The van der Waals surface area contributed by atoms with Gasteiger partial charge in [0.1, 0.15) is 10.7 Å². The lowest BCUT2D eigenvalue weighted by Crippen LogP contribution is -2.31. The van der Waals surface area contributed by atoms with E-state index in [9.17, 15) is 4.79 Å². The molecule has 5 nitrogen and oxygen atoms in total. The van der Waals surface area contributed by atoms with Crippen LogP contribution in [0.4, 0.5) is 10.9 Å². The van der Waals surface area contributed by atoms with E-state index >= 15 is 0 Å². The van der Waals surface area contributed by atoms with E-state index in [1.54, 1.807) is 0 Å². The third-order valence-electron chi connectivity index (χ3n) is 4.07. The number of nitrogens with one attached hydrogen (secondary N) is 1. The van der Waals surface area contributed by atoms with Gasteiger partial charge in [0, 0.05) is 19.6 Å². The fourth-order valence-corrected chi connectivity index (χ4v) is 3.47. The maximum atomic E-state index is 12.6. The maximum Gasteiger partial charge on any atom is 0.267 e. The molecule has 3 N–H and O–H groups in total. The van der Waals surface area contributed by atoms with Gasteiger partial charge in [-0.25, -0.2) is 4.98 Å². The van der Waals surface area contributed by atoms with Crippen LogP contribution in [-0.4, -0.2) is 35.4 Å². The first kappa shape index (κ1) is 16.1. The first-order valence-electron chi connectivity index (χ1n) is 7.62. The van der Waals surface area contributed by atoms with Gasteiger partial charge in [-0.15, -0.1) is 0 Å². The van der Waals surface area contributed by atoms with Crippen LogP contribution in [0.3, 0.4) is 0 Å². The van der Waals surface area contributed by atoms with Crippen molar-refractivity contribution in [3.05, 3.63) is 4.88 Å². The minimum absolute atomic E-state index is 0.0290. The van der Waals surface area contributed by atoms with Crippen LogP contribution >= 0.6 is 11.3 Å². The summed E-state index contributed by atoms with van der Waals surface area (Å²) in [5.41, 5.74) is 6.15. The van der Waals surface area contributed by atoms with Crippen molar-refractivity contribution >= 4 is 28.2 Å². The van der Waals surface area contributed by atoms with Gasteiger partial charge in [0.15, 0.2) is 5.13 Å². The summed E-state index contributed by atoms with van der Waals surface area (Å²) in [6.07, 6.45) is 2.08. The molecule has 2 rings (SSSR count). The van der Waals surface area contributed by atoms with Crippen molar-refractivity contribution in [3.8, 4) is 0 Å². The van der Waals surface area contributed by atoms with Crippen molar-refractivity contribution in [1.82, 2.24) is 9.88 Å². The summed E-state index contributed by atoms with van der Waals surface area (Å²) in [5.74, 6) is 0.928. The first-order valence-corrected chi connectivity index (χ1v) is 8.44. The van der Waals surface area contributed by atoms with Crippen LogP contribution in [0.5, 0.6) is 0 Å². The van der Waals surface area contributed by atoms with E-state index in [0.717, 1.165) is 37.6 Å². The SMILES string of the molecule is CCCNc1nc(N)c(C(=O)N2CCC(C(C)(C)C)C2)s1. The van der Waals surface area contributed by atoms with Crippen LogP contribution in [0.25, 0.3) is 0 Å². The lowest BCUT2D eigenvalue weighted by molar-refractivity contribution is 0.0782. The Hall–Kier alpha value is -1.30. The first-order chi connectivity index (χ1) is 9.82. The summed E-state index contributed by atoms with van der Waals surface area (Å²) in [7, 11) is 0. The number of thiazole rings is 1. The Morgan fingerprint density at radius 3 is 2.81 bits per heavy atom. The van der Waals surface area contributed by atoms with Gasteiger partial charge >= 0.3 is 0 Å². The average Bonchev–Trinajstić information content (AvgIpc) is 3.01. The lowest BCUT2D eigenvalue weighted by atomic mass is 9.80. The van der Waals surface area contributed by atoms with Crippen molar-refractivity contribution < 1.29 is 4.79 Å². The number of nitrogens with zero attached hydrogens (tertiary/aromatic N) is 2. The number of carbonyl (C=O) groups is 1. The highest BCUT2D eigenvalue weighted by atomic mass is 32.1. The third kappa shape index (κ3) is 3.67. The summed E-state index contributed by atoms with van der Waals surface area (Å²) in [6, 6.07) is 0. The number of hydrogen-bond acceptors (Lipinski definition) is 5. The maximum absolute atomic E-state index is 12.6. The van der Waals surface area contributed by atoms with Crippen LogP contribution < -0.4 is 11.1 Å². The highest BCUT2D eigenvalue weighted by Gasteiger charge is 2.35. The molecule has 1 amide bonds. The molecule has 118 valence electrons. The van der Waals surface area contributed by atoms with Crippen molar-refractivity contribution in [2.45, 2.75) is 40.5 Å².